The molecule has 30 heteroatoms. The van der Waals surface area contributed by atoms with Crippen molar-refractivity contribution in [3.05, 3.63) is 210 Å². The smallest absolute Gasteiger partial charge is 0.357 e. The van der Waals surface area contributed by atoms with Crippen LogP contribution in [0.4, 0.5) is 39.3 Å². The minimum atomic E-state index is -4.50. The van der Waals surface area contributed by atoms with Crippen LogP contribution in [0.3, 0.4) is 0 Å². The highest BCUT2D eigenvalue weighted by Gasteiger charge is 2.46. The predicted molar refractivity (Wildman–Crippen MR) is 501 cm³/mol. The zero-order chi connectivity index (χ0) is 89.3. The number of nitrogens with zero attached hydrogens (tertiary/aromatic N) is 11. The van der Waals surface area contributed by atoms with E-state index in [0.29, 0.717) is 119 Å². The number of carbonyl (C=O) groups is 5. The van der Waals surface area contributed by atoms with Gasteiger partial charge in [0.15, 0.2) is 10.8 Å². The SMILES string of the molecule is CCN(CC)c1ccc2nc3ccc(N=Nc4ccc(N(C)CCCC(=O)NCCCC[C@H](NC(=O)C5(NC(=O)c6ccc(-c7csc(N8CCN(C)CC8)n7)cc6)CCCCC5)C(=O)NCCNC(=O)CCCCCN5\C(=C/C=C/C=C/C6=[N+](CC)c7ccc(OS(=O)O)cc7C6(C)C)C(C)(C)c6cc(S(=O)(=O)O)ccc65)cc4)cc3[n+](-c3ccccc3)c2c1. The molecular formula is C96H118N16O11S3+2. The number of amides is 5. The van der Waals surface area contributed by atoms with Gasteiger partial charge in [0.2, 0.25) is 46.0 Å². The Labute approximate surface area is 745 Å². The molecule has 4 aliphatic rings. The minimum Gasteiger partial charge on any atom is -0.380 e. The molecule has 1 aliphatic carbocycles. The second-order valence-corrected chi connectivity index (χ2v) is 36.7. The number of piperazine rings is 1. The van der Waals surface area contributed by atoms with Crippen LogP contribution in [0.15, 0.2) is 208 Å². The standard InChI is InChI=1S/C96H116N16O11S3/c1-10-108(11-2)73-44-48-79-85(63-73)112(72-28-17-13-18-29-72)84-62-70(41-47-78(84)100-79)105-104-69-39-42-71(43-40-69)107(9)56-27-34-89(114)97-53-25-22-30-80(101-92(117)96(51-23-16-24-52-96)103-90(115)68-37-35-67(36-38-68)81-66-124-93(102-81)109-60-58-106(8)59-61-109)91(116)99-55-54-98-88(113)33-21-15-26-57-111-83-50-46-75(126(120,121)122)65-77(83)95(6,7)87(111)32-20-14-19-31-86-94(4,5)76-64-74(123-125(118)119)45-49-82(76)110(86)12-3/h13-14,17-20,28-29,31-32,35-50,62-66,80H,10-12,15-16,21-27,30,33-34,51-61H2,1-9H3,(H5-2,97,98,99,101,103,113,114,115,116,117,118,119,120,121,122)/p+2/t80-/m0/s1. The maximum Gasteiger partial charge on any atom is 0.357 e. The summed E-state index contributed by atoms with van der Waals surface area (Å²) >= 11 is -0.862. The minimum absolute atomic E-state index is 0.0764. The number of benzene rings is 7. The molecule has 0 radical (unpaired) electrons. The Kier molecular flexibility index (Phi) is 30.6. The van der Waals surface area contributed by atoms with Crippen LogP contribution in [0.25, 0.3) is 39.0 Å². The van der Waals surface area contributed by atoms with Gasteiger partial charge >= 0.3 is 11.4 Å². The van der Waals surface area contributed by atoms with Crippen molar-refractivity contribution in [2.45, 2.75) is 166 Å². The first-order chi connectivity index (χ1) is 60.6. The Morgan fingerprint density at radius 1 is 0.690 bits per heavy atom. The number of para-hydroxylation sites is 1. The first kappa shape index (κ1) is 92.3. The van der Waals surface area contributed by atoms with Crippen LogP contribution in [0, 0.1) is 0 Å². The lowest BCUT2D eigenvalue weighted by Gasteiger charge is -2.37. The van der Waals surface area contributed by atoms with Crippen LogP contribution < -0.4 is 54.9 Å². The van der Waals surface area contributed by atoms with Gasteiger partial charge in [0.1, 0.15) is 34.9 Å². The number of rotatable bonds is 39. The van der Waals surface area contributed by atoms with E-state index in [-0.39, 0.29) is 42.6 Å². The van der Waals surface area contributed by atoms with Gasteiger partial charge in [-0.1, -0.05) is 88.1 Å². The van der Waals surface area contributed by atoms with Crippen LogP contribution in [0.1, 0.15) is 160 Å². The molecule has 664 valence electrons. The quantitative estimate of drug-likeness (QED) is 0.00358. The first-order valence-electron chi connectivity index (χ1n) is 44.0. The highest BCUT2D eigenvalue weighted by Crippen LogP contribution is 2.49. The molecule has 3 aliphatic heterocycles. The van der Waals surface area contributed by atoms with Gasteiger partial charge in [-0.05, 0) is 196 Å². The summed E-state index contributed by atoms with van der Waals surface area (Å²) in [4.78, 5) is 91.4. The van der Waals surface area contributed by atoms with Gasteiger partial charge in [0.25, 0.3) is 16.0 Å². The Hall–Kier alpha value is -11.4. The highest BCUT2D eigenvalue weighted by molar-refractivity contribution is 7.85. The number of hydrogen-bond donors (Lipinski definition) is 7. The zero-order valence-electron chi connectivity index (χ0n) is 73.6. The van der Waals surface area contributed by atoms with Crippen molar-refractivity contribution in [3.8, 4) is 22.7 Å². The molecule has 0 bridgehead atoms. The molecule has 9 aromatic rings. The number of anilines is 4. The topological polar surface area (TPSA) is 320 Å². The van der Waals surface area contributed by atoms with E-state index in [1.807, 2.05) is 136 Å². The number of fused-ring (bicyclic) bond motifs is 4. The number of nitrogens with one attached hydrogen (secondary N) is 5. The van der Waals surface area contributed by atoms with E-state index in [4.69, 9.17) is 14.2 Å². The van der Waals surface area contributed by atoms with E-state index in [2.05, 4.69) is 142 Å². The first-order valence-corrected chi connectivity index (χ1v) is 47.3. The van der Waals surface area contributed by atoms with Gasteiger partial charge in [-0.3, -0.25) is 33.1 Å². The second-order valence-electron chi connectivity index (χ2n) is 33.8. The van der Waals surface area contributed by atoms with Gasteiger partial charge in [-0.25, -0.2) is 9.97 Å². The van der Waals surface area contributed by atoms with Crippen LogP contribution in [-0.2, 0) is 51.5 Å². The maximum atomic E-state index is 14.9. The number of carbonyl (C=O) groups excluding carboxylic acids is 5. The van der Waals surface area contributed by atoms with E-state index in [9.17, 15) is 45.7 Å². The summed E-state index contributed by atoms with van der Waals surface area (Å²) in [6, 6.07) is 46.8. The van der Waals surface area contributed by atoms with Crippen LogP contribution >= 0.6 is 11.3 Å². The number of thiazole rings is 1. The van der Waals surface area contributed by atoms with E-state index in [1.54, 1.807) is 41.7 Å². The molecule has 27 nitrogen and oxygen atoms in total. The summed E-state index contributed by atoms with van der Waals surface area (Å²) in [6.07, 6.45) is 17.2. The van der Waals surface area contributed by atoms with Crippen LogP contribution in [0.2, 0.25) is 0 Å². The fourth-order valence-electron chi connectivity index (χ4n) is 17.4. The van der Waals surface area contributed by atoms with Gasteiger partial charge in [-0.15, -0.1) is 15.9 Å². The molecular weight excluding hydrogens is 1650 g/mol. The average Bonchev–Trinajstić information content (AvgIpc) is 1.05. The molecule has 2 aromatic heterocycles. The lowest BCUT2D eigenvalue weighted by atomic mass is 9.80. The molecule has 0 spiro atoms. The third-order valence-corrected chi connectivity index (χ3v) is 26.7. The number of azo groups is 1. The number of hydrogen-bond acceptors (Lipinski definition) is 19. The van der Waals surface area contributed by atoms with Gasteiger partial charge in [0, 0.05) is 179 Å². The van der Waals surface area contributed by atoms with Gasteiger partial charge in [-0.2, -0.15) is 27.4 Å². The fourth-order valence-corrected chi connectivity index (χ4v) is 19.1. The summed E-state index contributed by atoms with van der Waals surface area (Å²) in [7, 11) is -0.393. The molecule has 1 saturated heterocycles. The molecule has 7 N–H and O–H groups in total. The largest absolute Gasteiger partial charge is 0.380 e. The zero-order valence-corrected chi connectivity index (χ0v) is 76.0. The molecule has 1 saturated carbocycles. The third kappa shape index (κ3) is 22.3. The summed E-state index contributed by atoms with van der Waals surface area (Å²) in [5.41, 5.74) is 13.2. The molecule has 2 atom stereocenters. The molecule has 126 heavy (non-hydrogen) atoms. The van der Waals surface area contributed by atoms with Crippen molar-refractivity contribution in [3.63, 3.8) is 0 Å². The lowest BCUT2D eigenvalue weighted by Crippen LogP contribution is -2.62. The van der Waals surface area contributed by atoms with E-state index >= 15 is 0 Å². The van der Waals surface area contributed by atoms with Gasteiger partial charge in [0.05, 0.1) is 27.4 Å². The molecule has 5 heterocycles. The van der Waals surface area contributed by atoms with Crippen molar-refractivity contribution in [1.82, 2.24) is 41.5 Å². The molecule has 13 rings (SSSR count). The van der Waals surface area contributed by atoms with E-state index in [1.165, 1.54) is 12.1 Å². The van der Waals surface area contributed by atoms with Crippen molar-refractivity contribution in [2.75, 3.05) is 112 Å². The predicted octanol–water partition coefficient (Wildman–Crippen LogP) is 15.4. The number of unbranched alkanes of at least 4 members (excludes halogenated alkanes) is 3. The third-order valence-electron chi connectivity index (χ3n) is 24.6. The number of aromatic nitrogens is 3. The Morgan fingerprint density at radius 2 is 1.37 bits per heavy atom. The van der Waals surface area contributed by atoms with Gasteiger partial charge < -0.3 is 55.3 Å². The molecule has 2 fully saturated rings. The summed E-state index contributed by atoms with van der Waals surface area (Å²) in [5.74, 6) is -1.30. The summed E-state index contributed by atoms with van der Waals surface area (Å²) in [5, 5.41) is 27.5. The van der Waals surface area contributed by atoms with Crippen LogP contribution in [-0.4, -0.2) is 181 Å². The molecule has 1 unspecified atom stereocenters. The summed E-state index contributed by atoms with van der Waals surface area (Å²) in [6.45, 7) is 22.5. The maximum absolute atomic E-state index is 14.9. The lowest BCUT2D eigenvalue weighted by molar-refractivity contribution is -0.538. The Bertz CT molecular complexity index is 5720. The summed E-state index contributed by atoms with van der Waals surface area (Å²) < 4.78 is 65.4. The van der Waals surface area contributed by atoms with Crippen LogP contribution in [0.5, 0.6) is 5.75 Å². The Balaban J connectivity index is 0.600. The van der Waals surface area contributed by atoms with Crippen molar-refractivity contribution < 1.29 is 59.0 Å². The molecule has 7 aromatic carbocycles. The fraction of sp³-hybridized carbons (Fsp3) is 0.406. The van der Waals surface area contributed by atoms with Crippen molar-refractivity contribution in [1.29, 1.82) is 0 Å². The van der Waals surface area contributed by atoms with E-state index < -0.39 is 61.6 Å². The second kappa shape index (κ2) is 41.8. The monoisotopic (exact) mass is 1770 g/mol. The number of likely N-dealkylation sites (N-methyl/N-ethyl adjacent to an activating group) is 1. The number of allylic oxidation sites excluding steroid dienone is 6. The van der Waals surface area contributed by atoms with Crippen molar-refractivity contribution >= 4 is 129 Å². The molecule has 5 amide bonds. The van der Waals surface area contributed by atoms with Crippen molar-refractivity contribution in [2.24, 2.45) is 10.2 Å². The normalized spacial score (nSPS) is 16.4. The van der Waals surface area contributed by atoms with E-state index in [0.717, 1.165) is 135 Å². The Morgan fingerprint density at radius 3 is 2.09 bits per heavy atom. The highest BCUT2D eigenvalue weighted by atomic mass is 32.2. The average molecular weight is 1770 g/mol.